The maximum atomic E-state index is 12.1. The van der Waals surface area contributed by atoms with Crippen molar-refractivity contribution in [2.45, 2.75) is 6.42 Å². The molecule has 2 N–H and O–H groups in total. The van der Waals surface area contributed by atoms with Gasteiger partial charge in [-0.1, -0.05) is 17.7 Å². The molecule has 0 fully saturated rings. The van der Waals surface area contributed by atoms with Gasteiger partial charge in [0, 0.05) is 28.4 Å². The highest BCUT2D eigenvalue weighted by atomic mass is 35.5. The summed E-state index contributed by atoms with van der Waals surface area (Å²) in [4.78, 5) is 23.9. The molecule has 4 nitrogen and oxygen atoms in total. The molecule has 0 aromatic heterocycles. The lowest BCUT2D eigenvalue weighted by atomic mass is 10.00. The molecule has 2 aromatic carbocycles. The van der Waals surface area contributed by atoms with E-state index in [1.54, 1.807) is 30.3 Å². The fourth-order valence-electron chi connectivity index (χ4n) is 2.29. The van der Waals surface area contributed by atoms with E-state index in [0.717, 1.165) is 12.0 Å². The summed E-state index contributed by atoms with van der Waals surface area (Å²) in [6.07, 6.45) is 0.812. The Labute approximate surface area is 127 Å². The van der Waals surface area contributed by atoms with Crippen LogP contribution in [0.4, 0.5) is 5.69 Å². The Morgan fingerprint density at radius 1 is 1.14 bits per heavy atom. The maximum absolute atomic E-state index is 12.1. The van der Waals surface area contributed by atoms with Crippen LogP contribution >= 0.6 is 11.6 Å². The van der Waals surface area contributed by atoms with Gasteiger partial charge in [-0.25, -0.2) is 0 Å². The summed E-state index contributed by atoms with van der Waals surface area (Å²) in [5, 5.41) is 6.16. The largest absolute Gasteiger partial charge is 0.352 e. The summed E-state index contributed by atoms with van der Waals surface area (Å²) in [7, 11) is 0. The van der Waals surface area contributed by atoms with Gasteiger partial charge in [-0.05, 0) is 48.4 Å². The third-order valence-corrected chi connectivity index (χ3v) is 3.65. The van der Waals surface area contributed by atoms with Gasteiger partial charge in [0.1, 0.15) is 0 Å². The van der Waals surface area contributed by atoms with Crippen molar-refractivity contribution < 1.29 is 9.59 Å². The van der Waals surface area contributed by atoms with Crippen LogP contribution in [0.3, 0.4) is 0 Å². The van der Waals surface area contributed by atoms with Gasteiger partial charge < -0.3 is 10.6 Å². The van der Waals surface area contributed by atoms with Crippen LogP contribution in [-0.2, 0) is 6.42 Å². The van der Waals surface area contributed by atoms with Crippen LogP contribution in [0.2, 0.25) is 5.02 Å². The Morgan fingerprint density at radius 3 is 2.67 bits per heavy atom. The fourth-order valence-corrected chi connectivity index (χ4v) is 2.42. The third kappa shape index (κ3) is 2.90. The molecule has 3 rings (SSSR count). The molecule has 0 saturated heterocycles. The van der Waals surface area contributed by atoms with Gasteiger partial charge in [-0.15, -0.1) is 0 Å². The number of carbonyl (C=O) groups excluding carboxylic acids is 2. The van der Waals surface area contributed by atoms with Gasteiger partial charge in [0.25, 0.3) is 11.8 Å². The Hall–Kier alpha value is -2.33. The molecule has 0 spiro atoms. The Balaban J connectivity index is 1.82. The Kier molecular flexibility index (Phi) is 3.62. The number of halogens is 1. The number of rotatable bonds is 2. The Bertz CT molecular complexity index is 711. The van der Waals surface area contributed by atoms with E-state index in [0.29, 0.717) is 28.4 Å². The van der Waals surface area contributed by atoms with E-state index < -0.39 is 0 Å². The van der Waals surface area contributed by atoms with Crippen molar-refractivity contribution in [3.63, 3.8) is 0 Å². The normalized spacial score (nSPS) is 13.3. The maximum Gasteiger partial charge on any atom is 0.255 e. The van der Waals surface area contributed by atoms with Gasteiger partial charge in [-0.2, -0.15) is 0 Å². The molecule has 0 saturated carbocycles. The van der Waals surface area contributed by atoms with Crippen LogP contribution < -0.4 is 10.6 Å². The number of benzene rings is 2. The highest BCUT2D eigenvalue weighted by Crippen LogP contribution is 2.20. The number of hydrogen-bond acceptors (Lipinski definition) is 2. The first-order chi connectivity index (χ1) is 10.1. The van der Waals surface area contributed by atoms with Gasteiger partial charge in [0.05, 0.1) is 0 Å². The van der Waals surface area contributed by atoms with Gasteiger partial charge in [-0.3, -0.25) is 9.59 Å². The molecule has 0 unspecified atom stereocenters. The smallest absolute Gasteiger partial charge is 0.255 e. The Morgan fingerprint density at radius 2 is 1.90 bits per heavy atom. The second kappa shape index (κ2) is 5.58. The van der Waals surface area contributed by atoms with Gasteiger partial charge >= 0.3 is 0 Å². The number of fused-ring (bicyclic) bond motifs is 1. The molecule has 21 heavy (non-hydrogen) atoms. The van der Waals surface area contributed by atoms with Crippen LogP contribution in [0.15, 0.2) is 42.5 Å². The van der Waals surface area contributed by atoms with Crippen LogP contribution in [0.1, 0.15) is 26.3 Å². The summed E-state index contributed by atoms with van der Waals surface area (Å²) >= 11 is 5.80. The SMILES string of the molecule is O=C(Nc1ccc2c(c1)C(=O)NCC2)c1ccc(Cl)cc1. The van der Waals surface area contributed by atoms with Crippen molar-refractivity contribution in [2.24, 2.45) is 0 Å². The third-order valence-electron chi connectivity index (χ3n) is 3.40. The lowest BCUT2D eigenvalue weighted by Crippen LogP contribution is -2.31. The zero-order valence-electron chi connectivity index (χ0n) is 11.2. The highest BCUT2D eigenvalue weighted by Gasteiger charge is 2.17. The van der Waals surface area contributed by atoms with Crippen molar-refractivity contribution in [3.05, 3.63) is 64.2 Å². The molecule has 0 radical (unpaired) electrons. The minimum absolute atomic E-state index is 0.0983. The van der Waals surface area contributed by atoms with Crippen molar-refractivity contribution in [2.75, 3.05) is 11.9 Å². The minimum Gasteiger partial charge on any atom is -0.352 e. The molecule has 2 aromatic rings. The van der Waals surface area contributed by atoms with Crippen molar-refractivity contribution in [3.8, 4) is 0 Å². The standard InChI is InChI=1S/C16H13ClN2O2/c17-12-4-1-11(2-5-12)15(20)19-13-6-3-10-7-8-18-16(21)14(10)9-13/h1-6,9H,7-8H2,(H,18,21)(H,19,20). The molecule has 0 bridgehead atoms. The van der Waals surface area contributed by atoms with E-state index in [1.165, 1.54) is 0 Å². The topological polar surface area (TPSA) is 58.2 Å². The van der Waals surface area contributed by atoms with Crippen molar-refractivity contribution in [1.29, 1.82) is 0 Å². The summed E-state index contributed by atoms with van der Waals surface area (Å²) in [6.45, 7) is 0.655. The quantitative estimate of drug-likeness (QED) is 0.896. The monoisotopic (exact) mass is 300 g/mol. The second-order valence-corrected chi connectivity index (χ2v) is 5.28. The average Bonchev–Trinajstić information content (AvgIpc) is 2.49. The predicted molar refractivity (Wildman–Crippen MR) is 81.9 cm³/mol. The number of nitrogens with one attached hydrogen (secondary N) is 2. The predicted octanol–water partition coefficient (Wildman–Crippen LogP) is 2.88. The minimum atomic E-state index is -0.233. The van der Waals surface area contributed by atoms with E-state index in [1.807, 2.05) is 12.1 Å². The van der Waals surface area contributed by atoms with E-state index >= 15 is 0 Å². The van der Waals surface area contributed by atoms with E-state index in [2.05, 4.69) is 10.6 Å². The molecule has 5 heteroatoms. The summed E-state index contributed by atoms with van der Waals surface area (Å²) in [6, 6.07) is 12.0. The number of carbonyl (C=O) groups is 2. The first-order valence-corrected chi connectivity index (χ1v) is 6.99. The zero-order valence-corrected chi connectivity index (χ0v) is 11.9. The van der Waals surface area contributed by atoms with Crippen LogP contribution in [0.5, 0.6) is 0 Å². The van der Waals surface area contributed by atoms with Gasteiger partial charge in [0.2, 0.25) is 0 Å². The van der Waals surface area contributed by atoms with Crippen LogP contribution in [0, 0.1) is 0 Å². The second-order valence-electron chi connectivity index (χ2n) is 4.84. The molecule has 2 amide bonds. The zero-order chi connectivity index (χ0) is 14.8. The molecule has 1 aliphatic rings. The lowest BCUT2D eigenvalue weighted by Gasteiger charge is -2.17. The highest BCUT2D eigenvalue weighted by molar-refractivity contribution is 6.30. The number of amides is 2. The van der Waals surface area contributed by atoms with Gasteiger partial charge in [0.15, 0.2) is 0 Å². The summed E-state index contributed by atoms with van der Waals surface area (Å²) in [5.74, 6) is -0.332. The molecule has 106 valence electrons. The average molecular weight is 301 g/mol. The molecule has 0 aliphatic carbocycles. The van der Waals surface area contributed by atoms with E-state index in [4.69, 9.17) is 11.6 Å². The first kappa shape index (κ1) is 13.6. The van der Waals surface area contributed by atoms with Crippen molar-refractivity contribution >= 4 is 29.1 Å². The molecule has 1 aliphatic heterocycles. The molecular formula is C16H13ClN2O2. The lowest BCUT2D eigenvalue weighted by molar-refractivity contribution is 0.0944. The molecule has 0 atom stereocenters. The van der Waals surface area contributed by atoms with E-state index in [-0.39, 0.29) is 11.8 Å². The number of anilines is 1. The molecular weight excluding hydrogens is 288 g/mol. The number of hydrogen-bond donors (Lipinski definition) is 2. The molecule has 1 heterocycles. The van der Waals surface area contributed by atoms with Crippen LogP contribution in [0.25, 0.3) is 0 Å². The van der Waals surface area contributed by atoms with E-state index in [9.17, 15) is 9.59 Å². The first-order valence-electron chi connectivity index (χ1n) is 6.61. The fraction of sp³-hybridized carbons (Fsp3) is 0.125. The summed E-state index contributed by atoms with van der Waals surface area (Å²) in [5.41, 5.74) is 2.74. The summed E-state index contributed by atoms with van der Waals surface area (Å²) < 4.78 is 0. The van der Waals surface area contributed by atoms with Crippen molar-refractivity contribution in [1.82, 2.24) is 5.32 Å². The van der Waals surface area contributed by atoms with Crippen LogP contribution in [-0.4, -0.2) is 18.4 Å².